The summed E-state index contributed by atoms with van der Waals surface area (Å²) in [6.45, 7) is 0. The summed E-state index contributed by atoms with van der Waals surface area (Å²) in [7, 11) is 0. The number of fused-ring (bicyclic) bond motifs is 1. The Kier molecular flexibility index (Phi) is 6.86. The summed E-state index contributed by atoms with van der Waals surface area (Å²) in [6, 6.07) is 8.59. The van der Waals surface area contributed by atoms with E-state index in [1.54, 1.807) is 4.57 Å². The lowest BCUT2D eigenvalue weighted by Crippen LogP contribution is -2.33. The Morgan fingerprint density at radius 1 is 1.22 bits per heavy atom. The van der Waals surface area contributed by atoms with Gasteiger partial charge in [0.1, 0.15) is 24.6 Å². The van der Waals surface area contributed by atoms with Crippen molar-refractivity contribution >= 4 is 40.4 Å². The number of aliphatic hydroxyl groups is 2. The van der Waals surface area contributed by atoms with E-state index in [2.05, 4.69) is 20.3 Å². The van der Waals surface area contributed by atoms with Gasteiger partial charge in [0.15, 0.2) is 23.2 Å². The average Bonchev–Trinajstić information content (AvgIpc) is 3.34. The smallest absolute Gasteiger partial charge is 0.320 e. The van der Waals surface area contributed by atoms with Crippen molar-refractivity contribution < 1.29 is 24.9 Å². The van der Waals surface area contributed by atoms with Gasteiger partial charge in [-0.3, -0.25) is 9.36 Å². The summed E-state index contributed by atoms with van der Waals surface area (Å²) in [5.74, 6) is 0.336. The minimum absolute atomic E-state index is 0.301. The van der Waals surface area contributed by atoms with E-state index in [0.29, 0.717) is 34.9 Å². The van der Waals surface area contributed by atoms with Crippen LogP contribution in [0.5, 0.6) is 0 Å². The van der Waals surface area contributed by atoms with Crippen molar-refractivity contribution in [2.75, 3.05) is 16.8 Å². The molecule has 0 radical (unpaired) electrons. The topological polar surface area (TPSA) is 169 Å². The average molecular weight is 461 g/mol. The van der Waals surface area contributed by atoms with Gasteiger partial charge in [0.05, 0.1) is 12.4 Å². The number of rotatable bonds is 9. The molecular formula is C20H24N6O5S. The fourth-order valence-electron chi connectivity index (χ4n) is 3.42. The Balaban J connectivity index is 1.46. The molecule has 1 aromatic carbocycles. The Labute approximate surface area is 187 Å². The molecule has 1 fully saturated rings. The molecule has 1 aliphatic heterocycles. The molecular weight excluding hydrogens is 436 g/mol. The normalized spacial score (nSPS) is 24.0. The zero-order chi connectivity index (χ0) is 22.7. The van der Waals surface area contributed by atoms with E-state index in [-0.39, 0.29) is 0 Å². The number of nitrogens with zero attached hydrogens (tertiary/aromatic N) is 4. The maximum absolute atomic E-state index is 10.8. The van der Waals surface area contributed by atoms with Gasteiger partial charge in [-0.1, -0.05) is 18.2 Å². The summed E-state index contributed by atoms with van der Waals surface area (Å²) in [5, 5.41) is 33.1. The van der Waals surface area contributed by atoms with Crippen LogP contribution in [0.15, 0.2) is 43.0 Å². The quantitative estimate of drug-likeness (QED) is 0.285. The molecule has 6 N–H and O–H groups in total. The Hall–Kier alpha value is -2.77. The number of aliphatic carboxylic acids is 1. The number of carboxylic acid groups (broad SMARTS) is 1. The van der Waals surface area contributed by atoms with Crippen molar-refractivity contribution in [2.45, 2.75) is 37.0 Å². The number of nitrogens with one attached hydrogen (secondary N) is 1. The molecule has 0 unspecified atom stereocenters. The number of hydrogen-bond donors (Lipinski definition) is 5. The lowest BCUT2D eigenvalue weighted by Gasteiger charge is -2.16. The van der Waals surface area contributed by atoms with Crippen LogP contribution in [-0.4, -0.2) is 76.7 Å². The molecule has 1 aliphatic rings. The van der Waals surface area contributed by atoms with Gasteiger partial charge in [0, 0.05) is 11.4 Å². The number of aromatic nitrogens is 4. The van der Waals surface area contributed by atoms with Gasteiger partial charge in [-0.05, 0) is 24.3 Å². The standard InChI is InChI=1S/C20H24N6O5S/c21-12(20(29)30)6-7-32-8-13-15(27)16(28)19(31-13)26-10-24-14-17(22-9-23-18(14)26)25-11-4-2-1-3-5-11/h1-5,9-10,12-13,15-16,19,27-28H,6-8,21H2,(H,29,30)(H,22,23,25)/t12-,13-,15-,16-,19-/m1/s1. The van der Waals surface area contributed by atoms with Gasteiger partial charge in [-0.25, -0.2) is 15.0 Å². The van der Waals surface area contributed by atoms with E-state index in [1.807, 2.05) is 30.3 Å². The first-order chi connectivity index (χ1) is 15.5. The zero-order valence-corrected chi connectivity index (χ0v) is 17.8. The third kappa shape index (κ3) is 4.69. The Morgan fingerprint density at radius 2 is 2.00 bits per heavy atom. The minimum Gasteiger partial charge on any atom is -0.480 e. The SMILES string of the molecule is N[C@H](CCSC[C@H]1O[C@@H](n2cnc3c(Nc4ccccc4)ncnc32)[C@H](O)[C@@H]1O)C(=O)O. The van der Waals surface area contributed by atoms with E-state index in [4.69, 9.17) is 15.6 Å². The third-order valence-electron chi connectivity index (χ3n) is 5.18. The lowest BCUT2D eigenvalue weighted by atomic mass is 10.1. The molecule has 0 amide bonds. The van der Waals surface area contributed by atoms with Crippen molar-refractivity contribution in [2.24, 2.45) is 5.73 Å². The zero-order valence-electron chi connectivity index (χ0n) is 17.0. The van der Waals surface area contributed by atoms with Gasteiger partial charge in [0.2, 0.25) is 0 Å². The number of carbonyl (C=O) groups is 1. The number of para-hydroxylation sites is 1. The first-order valence-electron chi connectivity index (χ1n) is 10.0. The van der Waals surface area contributed by atoms with Crippen molar-refractivity contribution in [1.29, 1.82) is 0 Å². The van der Waals surface area contributed by atoms with Crippen LogP contribution < -0.4 is 11.1 Å². The second-order valence-corrected chi connectivity index (χ2v) is 8.54. The number of imidazole rings is 1. The van der Waals surface area contributed by atoms with E-state index in [1.165, 1.54) is 24.4 Å². The number of hydrogen-bond acceptors (Lipinski definition) is 10. The van der Waals surface area contributed by atoms with E-state index >= 15 is 0 Å². The summed E-state index contributed by atoms with van der Waals surface area (Å²) >= 11 is 1.41. The van der Waals surface area contributed by atoms with Gasteiger partial charge in [-0.2, -0.15) is 11.8 Å². The molecule has 5 atom stereocenters. The third-order valence-corrected chi connectivity index (χ3v) is 6.27. The van der Waals surface area contributed by atoms with Crippen molar-refractivity contribution in [3.8, 4) is 0 Å². The van der Waals surface area contributed by atoms with Crippen LogP contribution in [0.4, 0.5) is 11.5 Å². The predicted octanol–water partition coefficient (Wildman–Crippen LogP) is 0.724. The van der Waals surface area contributed by atoms with Crippen molar-refractivity contribution in [3.63, 3.8) is 0 Å². The lowest BCUT2D eigenvalue weighted by molar-refractivity contribution is -0.138. The van der Waals surface area contributed by atoms with E-state index in [9.17, 15) is 15.0 Å². The largest absolute Gasteiger partial charge is 0.480 e. The maximum atomic E-state index is 10.8. The van der Waals surface area contributed by atoms with Gasteiger partial charge in [0.25, 0.3) is 0 Å². The van der Waals surface area contributed by atoms with E-state index < -0.39 is 36.6 Å². The molecule has 12 heteroatoms. The molecule has 3 heterocycles. The molecule has 0 bridgehead atoms. The molecule has 0 aliphatic carbocycles. The molecule has 2 aromatic heterocycles. The summed E-state index contributed by atoms with van der Waals surface area (Å²) < 4.78 is 7.50. The van der Waals surface area contributed by atoms with Crippen LogP contribution in [0.2, 0.25) is 0 Å². The number of anilines is 2. The predicted molar refractivity (Wildman–Crippen MR) is 119 cm³/mol. The van der Waals surface area contributed by atoms with Gasteiger partial charge < -0.3 is 31.1 Å². The van der Waals surface area contributed by atoms with Gasteiger partial charge >= 0.3 is 5.97 Å². The van der Waals surface area contributed by atoms with Crippen LogP contribution in [-0.2, 0) is 9.53 Å². The molecule has 170 valence electrons. The molecule has 11 nitrogen and oxygen atoms in total. The Morgan fingerprint density at radius 3 is 2.75 bits per heavy atom. The van der Waals surface area contributed by atoms with E-state index in [0.717, 1.165) is 5.69 Å². The highest BCUT2D eigenvalue weighted by Gasteiger charge is 2.44. The summed E-state index contributed by atoms with van der Waals surface area (Å²) in [6.07, 6.45) is -0.611. The number of thioether (sulfide) groups is 1. The minimum atomic E-state index is -1.18. The van der Waals surface area contributed by atoms with Crippen LogP contribution in [0.3, 0.4) is 0 Å². The number of carboxylic acids is 1. The van der Waals surface area contributed by atoms with Crippen molar-refractivity contribution in [3.05, 3.63) is 43.0 Å². The second-order valence-electron chi connectivity index (χ2n) is 7.39. The first kappa shape index (κ1) is 22.4. The molecule has 3 aromatic rings. The molecule has 0 spiro atoms. The molecule has 32 heavy (non-hydrogen) atoms. The maximum Gasteiger partial charge on any atom is 0.320 e. The van der Waals surface area contributed by atoms with Crippen LogP contribution in [0, 0.1) is 0 Å². The highest BCUT2D eigenvalue weighted by atomic mass is 32.2. The molecule has 1 saturated heterocycles. The Bertz CT molecular complexity index is 1070. The van der Waals surface area contributed by atoms with Crippen LogP contribution in [0.25, 0.3) is 11.2 Å². The second kappa shape index (κ2) is 9.79. The number of nitrogens with two attached hydrogens (primary N) is 1. The fraction of sp³-hybridized carbons (Fsp3) is 0.400. The molecule has 0 saturated carbocycles. The van der Waals surface area contributed by atoms with Crippen LogP contribution >= 0.6 is 11.8 Å². The number of benzene rings is 1. The van der Waals surface area contributed by atoms with Crippen molar-refractivity contribution in [1.82, 2.24) is 19.5 Å². The highest BCUT2D eigenvalue weighted by molar-refractivity contribution is 7.99. The monoisotopic (exact) mass is 460 g/mol. The first-order valence-corrected chi connectivity index (χ1v) is 11.2. The summed E-state index contributed by atoms with van der Waals surface area (Å²) in [5.41, 5.74) is 7.30. The fourth-order valence-corrected chi connectivity index (χ4v) is 4.51. The molecule has 4 rings (SSSR count). The number of aliphatic hydroxyl groups excluding tert-OH is 2. The highest BCUT2D eigenvalue weighted by Crippen LogP contribution is 2.34. The number of ether oxygens (including phenoxy) is 1. The summed E-state index contributed by atoms with van der Waals surface area (Å²) in [4.78, 5) is 23.7. The van der Waals surface area contributed by atoms with Crippen LogP contribution in [0.1, 0.15) is 12.6 Å². The van der Waals surface area contributed by atoms with Gasteiger partial charge in [-0.15, -0.1) is 0 Å².